The Morgan fingerprint density at radius 2 is 1.93 bits per heavy atom. The molecule has 0 saturated heterocycles. The van der Waals surface area contributed by atoms with Crippen LogP contribution in [0.3, 0.4) is 0 Å². The summed E-state index contributed by atoms with van der Waals surface area (Å²) in [6, 6.07) is 15.3. The van der Waals surface area contributed by atoms with Crippen LogP contribution in [0.5, 0.6) is 0 Å². The van der Waals surface area contributed by atoms with Gasteiger partial charge >= 0.3 is 5.76 Å². The Balaban J connectivity index is 1.81. The summed E-state index contributed by atoms with van der Waals surface area (Å²) in [5.74, 6) is -0.125. The lowest BCUT2D eigenvalue weighted by Crippen LogP contribution is -1.98. The Kier molecular flexibility index (Phi) is 3.73. The van der Waals surface area contributed by atoms with E-state index in [1.807, 2.05) is 36.4 Å². The van der Waals surface area contributed by atoms with Crippen molar-refractivity contribution in [3.8, 4) is 22.4 Å². The minimum atomic E-state index is -0.492. The number of rotatable bonds is 2. The highest BCUT2D eigenvalue weighted by Gasteiger charge is 2.14. The van der Waals surface area contributed by atoms with Crippen molar-refractivity contribution in [2.24, 2.45) is 0 Å². The molecule has 0 spiro atoms. The summed E-state index contributed by atoms with van der Waals surface area (Å²) in [4.78, 5) is 27.2. The standard InChI is InChI=1S/C20H12BrN5O2/c21-12-3-1-2-10(6-12)13-8-15(25-19-17(13)18(22)23-9-24-19)11-4-5-14-16(7-11)28-20(27)26-14/h1-9H,(H,26,27)(H2,22,23,24,25). The van der Waals surface area contributed by atoms with E-state index in [4.69, 9.17) is 10.2 Å². The maximum absolute atomic E-state index is 11.4. The van der Waals surface area contributed by atoms with Crippen LogP contribution in [0.25, 0.3) is 44.5 Å². The van der Waals surface area contributed by atoms with Crippen molar-refractivity contribution < 1.29 is 4.42 Å². The predicted molar refractivity (Wildman–Crippen MR) is 111 cm³/mol. The SMILES string of the molecule is Nc1ncnc2nc(-c3ccc4[nH]c(=O)oc4c3)cc(-c3cccc(Br)c3)c12. The number of oxazole rings is 1. The van der Waals surface area contributed by atoms with Gasteiger partial charge in [0.2, 0.25) is 0 Å². The molecule has 0 aliphatic rings. The van der Waals surface area contributed by atoms with Crippen LogP contribution >= 0.6 is 15.9 Å². The smallest absolute Gasteiger partial charge is 0.408 e. The van der Waals surface area contributed by atoms with Crippen molar-refractivity contribution in [3.63, 3.8) is 0 Å². The summed E-state index contributed by atoms with van der Waals surface area (Å²) >= 11 is 3.51. The van der Waals surface area contributed by atoms with Crippen molar-refractivity contribution in [2.45, 2.75) is 0 Å². The van der Waals surface area contributed by atoms with Gasteiger partial charge in [0, 0.05) is 10.0 Å². The molecule has 0 aliphatic carbocycles. The summed E-state index contributed by atoms with van der Waals surface area (Å²) < 4.78 is 6.12. The number of aromatic amines is 1. The molecule has 5 rings (SSSR count). The highest BCUT2D eigenvalue weighted by molar-refractivity contribution is 9.10. The number of nitrogens with one attached hydrogen (secondary N) is 1. The van der Waals surface area contributed by atoms with E-state index in [0.29, 0.717) is 33.6 Å². The van der Waals surface area contributed by atoms with Crippen molar-refractivity contribution in [1.29, 1.82) is 0 Å². The van der Waals surface area contributed by atoms with E-state index >= 15 is 0 Å². The Labute approximate surface area is 166 Å². The van der Waals surface area contributed by atoms with Gasteiger partial charge in [0.15, 0.2) is 11.2 Å². The number of H-pyrrole nitrogens is 1. The molecule has 28 heavy (non-hydrogen) atoms. The van der Waals surface area contributed by atoms with E-state index in [0.717, 1.165) is 21.2 Å². The summed E-state index contributed by atoms with van der Waals surface area (Å²) in [5, 5.41) is 0.693. The van der Waals surface area contributed by atoms with Crippen LogP contribution in [0.1, 0.15) is 0 Å². The fourth-order valence-corrected chi connectivity index (χ4v) is 3.62. The molecule has 136 valence electrons. The van der Waals surface area contributed by atoms with Crippen LogP contribution in [-0.2, 0) is 0 Å². The minimum absolute atomic E-state index is 0.367. The number of aromatic nitrogens is 4. The third-order valence-electron chi connectivity index (χ3n) is 4.49. The highest BCUT2D eigenvalue weighted by Crippen LogP contribution is 2.35. The molecule has 3 N–H and O–H groups in total. The summed E-state index contributed by atoms with van der Waals surface area (Å²) in [7, 11) is 0. The molecular weight excluding hydrogens is 422 g/mol. The van der Waals surface area contributed by atoms with Crippen LogP contribution in [0, 0.1) is 0 Å². The lowest BCUT2D eigenvalue weighted by Gasteiger charge is -2.11. The quantitative estimate of drug-likeness (QED) is 0.432. The van der Waals surface area contributed by atoms with E-state index in [1.165, 1.54) is 6.33 Å². The van der Waals surface area contributed by atoms with E-state index in [9.17, 15) is 4.79 Å². The number of nitrogens with zero attached hydrogens (tertiary/aromatic N) is 3. The Hall–Kier alpha value is -3.52. The molecule has 0 radical (unpaired) electrons. The topological polar surface area (TPSA) is 111 Å². The number of halogens is 1. The number of benzene rings is 2. The Morgan fingerprint density at radius 1 is 1.04 bits per heavy atom. The van der Waals surface area contributed by atoms with E-state index in [-0.39, 0.29) is 0 Å². The van der Waals surface area contributed by atoms with Gasteiger partial charge < -0.3 is 10.2 Å². The zero-order valence-corrected chi connectivity index (χ0v) is 15.9. The monoisotopic (exact) mass is 433 g/mol. The molecule has 0 bridgehead atoms. The maximum atomic E-state index is 11.4. The van der Waals surface area contributed by atoms with E-state index in [2.05, 4.69) is 35.9 Å². The van der Waals surface area contributed by atoms with Gasteiger partial charge in [0.05, 0.1) is 16.6 Å². The average Bonchev–Trinajstić information content (AvgIpc) is 3.06. The minimum Gasteiger partial charge on any atom is -0.408 e. The first-order valence-electron chi connectivity index (χ1n) is 8.39. The van der Waals surface area contributed by atoms with Crippen LogP contribution in [0.4, 0.5) is 5.82 Å². The second-order valence-electron chi connectivity index (χ2n) is 6.25. The molecule has 0 unspecified atom stereocenters. The zero-order valence-electron chi connectivity index (χ0n) is 14.3. The molecule has 0 fully saturated rings. The number of hydrogen-bond donors (Lipinski definition) is 2. The van der Waals surface area contributed by atoms with Gasteiger partial charge in [0.1, 0.15) is 12.1 Å². The van der Waals surface area contributed by atoms with Crippen LogP contribution in [0.15, 0.2) is 68.5 Å². The molecule has 5 aromatic rings. The maximum Gasteiger partial charge on any atom is 0.417 e. The Bertz CT molecular complexity index is 1420. The van der Waals surface area contributed by atoms with E-state index in [1.54, 1.807) is 12.1 Å². The van der Waals surface area contributed by atoms with Gasteiger partial charge in [-0.2, -0.15) is 0 Å². The van der Waals surface area contributed by atoms with Gasteiger partial charge in [-0.25, -0.2) is 19.7 Å². The van der Waals surface area contributed by atoms with Gasteiger partial charge in [-0.15, -0.1) is 0 Å². The second kappa shape index (κ2) is 6.28. The molecule has 0 atom stereocenters. The largest absolute Gasteiger partial charge is 0.417 e. The molecule has 3 heterocycles. The third kappa shape index (κ3) is 2.74. The van der Waals surface area contributed by atoms with Crippen LogP contribution < -0.4 is 11.5 Å². The van der Waals surface area contributed by atoms with E-state index < -0.39 is 5.76 Å². The first kappa shape index (κ1) is 16.6. The molecule has 0 saturated carbocycles. The number of fused-ring (bicyclic) bond motifs is 2. The zero-order chi connectivity index (χ0) is 19.3. The first-order chi connectivity index (χ1) is 13.6. The van der Waals surface area contributed by atoms with Crippen molar-refractivity contribution >= 4 is 43.9 Å². The summed E-state index contributed by atoms with van der Waals surface area (Å²) in [6.45, 7) is 0. The molecule has 3 aromatic heterocycles. The number of pyridine rings is 1. The van der Waals surface area contributed by atoms with Crippen molar-refractivity contribution in [3.05, 3.63) is 69.9 Å². The molecule has 7 nitrogen and oxygen atoms in total. The van der Waals surface area contributed by atoms with Crippen LogP contribution in [0.2, 0.25) is 0 Å². The average molecular weight is 434 g/mol. The van der Waals surface area contributed by atoms with Crippen molar-refractivity contribution in [2.75, 3.05) is 5.73 Å². The fraction of sp³-hybridized carbons (Fsp3) is 0. The van der Waals surface area contributed by atoms with Gasteiger partial charge in [-0.1, -0.05) is 34.1 Å². The fourth-order valence-electron chi connectivity index (χ4n) is 3.22. The molecular formula is C20H12BrN5O2. The Morgan fingerprint density at radius 3 is 2.79 bits per heavy atom. The van der Waals surface area contributed by atoms with Gasteiger partial charge in [-0.05, 0) is 41.5 Å². The lowest BCUT2D eigenvalue weighted by atomic mass is 10.00. The van der Waals surface area contributed by atoms with Crippen LogP contribution in [-0.4, -0.2) is 19.9 Å². The number of anilines is 1. The lowest BCUT2D eigenvalue weighted by molar-refractivity contribution is 0.555. The molecule has 0 amide bonds. The number of nitrogens with two attached hydrogens (primary N) is 1. The summed E-state index contributed by atoms with van der Waals surface area (Å²) in [6.07, 6.45) is 1.40. The third-order valence-corrected chi connectivity index (χ3v) is 4.98. The predicted octanol–water partition coefficient (Wildman–Crippen LogP) is 4.14. The number of nitrogen functional groups attached to an aromatic ring is 1. The second-order valence-corrected chi connectivity index (χ2v) is 7.16. The molecule has 2 aromatic carbocycles. The molecule has 0 aliphatic heterocycles. The molecule has 8 heteroatoms. The number of hydrogen-bond acceptors (Lipinski definition) is 6. The van der Waals surface area contributed by atoms with Gasteiger partial charge in [-0.3, -0.25) is 4.98 Å². The highest BCUT2D eigenvalue weighted by atomic mass is 79.9. The van der Waals surface area contributed by atoms with Crippen molar-refractivity contribution in [1.82, 2.24) is 19.9 Å². The summed E-state index contributed by atoms with van der Waals surface area (Å²) in [5.41, 5.74) is 11.0. The first-order valence-corrected chi connectivity index (χ1v) is 9.18. The normalized spacial score (nSPS) is 11.3. The van der Waals surface area contributed by atoms with Gasteiger partial charge in [0.25, 0.3) is 0 Å².